The minimum absolute atomic E-state index is 0.211. The second-order valence-electron chi connectivity index (χ2n) is 9.72. The van der Waals surface area contributed by atoms with Crippen LogP contribution in [0.4, 0.5) is 0 Å². The molecule has 1 aliphatic heterocycles. The Kier molecular flexibility index (Phi) is 8.99. The van der Waals surface area contributed by atoms with E-state index < -0.39 is 11.9 Å². The lowest BCUT2D eigenvalue weighted by atomic mass is 10.0. The summed E-state index contributed by atoms with van der Waals surface area (Å²) in [6, 6.07) is 24.3. The summed E-state index contributed by atoms with van der Waals surface area (Å²) in [5, 5.41) is 14.1. The van der Waals surface area contributed by atoms with Crippen molar-refractivity contribution in [3.8, 4) is 11.5 Å². The second-order valence-corrected chi connectivity index (χ2v) is 9.72. The molecule has 6 heteroatoms. The zero-order chi connectivity index (χ0) is 25.4. The van der Waals surface area contributed by atoms with E-state index in [1.165, 1.54) is 5.56 Å². The molecule has 0 saturated carbocycles. The minimum atomic E-state index is -0.620. The summed E-state index contributed by atoms with van der Waals surface area (Å²) in [7, 11) is 0. The Balaban J connectivity index is 1.16. The van der Waals surface area contributed by atoms with E-state index in [2.05, 4.69) is 36.5 Å². The van der Waals surface area contributed by atoms with E-state index in [0.717, 1.165) is 34.6 Å². The van der Waals surface area contributed by atoms with E-state index in [4.69, 9.17) is 18.9 Å². The highest BCUT2D eigenvalue weighted by molar-refractivity contribution is 5.39. The van der Waals surface area contributed by atoms with Crippen molar-refractivity contribution in [1.29, 1.82) is 0 Å². The van der Waals surface area contributed by atoms with Gasteiger partial charge in [-0.05, 0) is 54.3 Å². The van der Waals surface area contributed by atoms with Gasteiger partial charge in [0, 0.05) is 32.0 Å². The molecule has 0 spiro atoms. The Labute approximate surface area is 214 Å². The smallest absolute Gasteiger partial charge is 0.205 e. The first-order valence-corrected chi connectivity index (χ1v) is 12.6. The molecule has 0 amide bonds. The first-order valence-electron chi connectivity index (χ1n) is 12.6. The third-order valence-corrected chi connectivity index (χ3v) is 6.13. The first kappa shape index (κ1) is 26.2. The molecule has 192 valence electrons. The number of hydrogen-bond donors (Lipinski definition) is 2. The first-order chi connectivity index (χ1) is 17.4. The summed E-state index contributed by atoms with van der Waals surface area (Å²) in [6.07, 6.45) is 0.251. The predicted molar refractivity (Wildman–Crippen MR) is 140 cm³/mol. The largest absolute Gasteiger partial charge is 0.491 e. The Hall–Kier alpha value is -2.90. The van der Waals surface area contributed by atoms with Crippen molar-refractivity contribution < 1.29 is 24.1 Å². The van der Waals surface area contributed by atoms with Crippen molar-refractivity contribution in [2.24, 2.45) is 0 Å². The van der Waals surface area contributed by atoms with Crippen molar-refractivity contribution in [1.82, 2.24) is 5.32 Å². The Morgan fingerprint density at radius 3 is 2.53 bits per heavy atom. The summed E-state index contributed by atoms with van der Waals surface area (Å²) in [4.78, 5) is 0. The van der Waals surface area contributed by atoms with Gasteiger partial charge >= 0.3 is 0 Å². The van der Waals surface area contributed by atoms with Crippen molar-refractivity contribution in [2.45, 2.75) is 58.3 Å². The van der Waals surface area contributed by atoms with Crippen LogP contribution >= 0.6 is 0 Å². The number of hydrogen-bond acceptors (Lipinski definition) is 6. The third kappa shape index (κ3) is 7.80. The molecule has 36 heavy (non-hydrogen) atoms. The van der Waals surface area contributed by atoms with Crippen molar-refractivity contribution >= 4 is 0 Å². The number of aliphatic hydroxyl groups is 1. The molecule has 2 atom stereocenters. The highest BCUT2D eigenvalue weighted by atomic mass is 16.7. The van der Waals surface area contributed by atoms with Crippen LogP contribution in [0.25, 0.3) is 0 Å². The van der Waals surface area contributed by atoms with Crippen LogP contribution in [-0.4, -0.2) is 36.7 Å². The lowest BCUT2D eigenvalue weighted by molar-refractivity contribution is -0.180. The molecule has 2 N–H and O–H groups in total. The Morgan fingerprint density at radius 1 is 0.972 bits per heavy atom. The van der Waals surface area contributed by atoms with Crippen LogP contribution in [-0.2, 0) is 29.1 Å². The van der Waals surface area contributed by atoms with E-state index in [1.807, 2.05) is 62.4 Å². The Bertz CT molecular complexity index is 1080. The highest BCUT2D eigenvalue weighted by Gasteiger charge is 2.27. The van der Waals surface area contributed by atoms with Gasteiger partial charge in [-0.2, -0.15) is 0 Å². The van der Waals surface area contributed by atoms with E-state index in [9.17, 15) is 5.11 Å². The van der Waals surface area contributed by atoms with E-state index in [1.54, 1.807) is 0 Å². The van der Waals surface area contributed by atoms with Crippen LogP contribution in [0.15, 0.2) is 72.8 Å². The van der Waals surface area contributed by atoms with Gasteiger partial charge in [-0.25, -0.2) is 0 Å². The second kappa shape index (κ2) is 12.4. The van der Waals surface area contributed by atoms with Crippen LogP contribution in [0.3, 0.4) is 0 Å². The van der Waals surface area contributed by atoms with Crippen molar-refractivity contribution in [3.05, 3.63) is 95.1 Å². The summed E-state index contributed by atoms with van der Waals surface area (Å²) >= 11 is 0. The molecule has 0 saturated heterocycles. The maximum absolute atomic E-state index is 10.7. The van der Waals surface area contributed by atoms with Crippen molar-refractivity contribution in [2.75, 3.05) is 19.8 Å². The number of fused-ring (bicyclic) bond motifs is 1. The van der Waals surface area contributed by atoms with Crippen LogP contribution in [0.5, 0.6) is 11.5 Å². The topological polar surface area (TPSA) is 69.2 Å². The van der Waals surface area contributed by atoms with Gasteiger partial charge in [0.25, 0.3) is 0 Å². The monoisotopic (exact) mass is 491 g/mol. The quantitative estimate of drug-likeness (QED) is 0.340. The summed E-state index contributed by atoms with van der Waals surface area (Å²) in [5.74, 6) is 1.03. The molecule has 4 rings (SSSR count). The fourth-order valence-corrected chi connectivity index (χ4v) is 4.13. The SMILES string of the molecule is C[C@@H](Cc1ccc(OCCOCc2ccccc2)cc1)NC[C@H](O)c1ccc2c(c1)COC(C)(C)O2. The van der Waals surface area contributed by atoms with Crippen LogP contribution in [0.2, 0.25) is 0 Å². The molecule has 0 aliphatic carbocycles. The highest BCUT2D eigenvalue weighted by Crippen LogP contribution is 2.32. The average molecular weight is 492 g/mol. The average Bonchev–Trinajstić information content (AvgIpc) is 2.88. The number of benzene rings is 3. The van der Waals surface area contributed by atoms with Crippen LogP contribution in [0.1, 0.15) is 49.1 Å². The standard InChI is InChI=1S/C30H37NO5/c1-22(31-19-28(32)25-11-14-29-26(18-25)21-35-30(2,3)36-29)17-23-9-12-27(13-10-23)34-16-15-33-20-24-7-5-4-6-8-24/h4-14,18,22,28,31-32H,15-17,19-21H2,1-3H3/t22-,28-/m0/s1. The van der Waals surface area contributed by atoms with E-state index in [0.29, 0.717) is 33.0 Å². The van der Waals surface area contributed by atoms with E-state index >= 15 is 0 Å². The van der Waals surface area contributed by atoms with Gasteiger partial charge in [-0.15, -0.1) is 0 Å². The zero-order valence-electron chi connectivity index (χ0n) is 21.4. The van der Waals surface area contributed by atoms with Gasteiger partial charge in [-0.3, -0.25) is 0 Å². The van der Waals surface area contributed by atoms with Crippen LogP contribution < -0.4 is 14.8 Å². The lowest BCUT2D eigenvalue weighted by Crippen LogP contribution is -2.35. The molecule has 6 nitrogen and oxygen atoms in total. The van der Waals surface area contributed by atoms with Crippen molar-refractivity contribution in [3.63, 3.8) is 0 Å². The minimum Gasteiger partial charge on any atom is -0.491 e. The van der Waals surface area contributed by atoms with E-state index in [-0.39, 0.29) is 6.04 Å². The molecule has 0 unspecified atom stereocenters. The van der Waals surface area contributed by atoms with Gasteiger partial charge < -0.3 is 29.4 Å². The van der Waals surface area contributed by atoms with Gasteiger partial charge in [0.05, 0.1) is 25.9 Å². The molecule has 0 fully saturated rings. The number of rotatable bonds is 12. The molecule has 0 radical (unpaired) electrons. The lowest BCUT2D eigenvalue weighted by Gasteiger charge is -2.33. The fourth-order valence-electron chi connectivity index (χ4n) is 4.13. The molecular weight excluding hydrogens is 454 g/mol. The fraction of sp³-hybridized carbons (Fsp3) is 0.400. The molecule has 0 bridgehead atoms. The molecule has 3 aromatic rings. The molecular formula is C30H37NO5. The van der Waals surface area contributed by atoms with Gasteiger partial charge in [0.15, 0.2) is 0 Å². The Morgan fingerprint density at radius 2 is 1.75 bits per heavy atom. The van der Waals surface area contributed by atoms with Gasteiger partial charge in [0.2, 0.25) is 5.79 Å². The number of nitrogens with one attached hydrogen (secondary N) is 1. The maximum atomic E-state index is 10.7. The summed E-state index contributed by atoms with van der Waals surface area (Å²) in [6.45, 7) is 8.52. The van der Waals surface area contributed by atoms with Crippen LogP contribution in [0, 0.1) is 0 Å². The normalized spacial score (nSPS) is 16.0. The summed E-state index contributed by atoms with van der Waals surface area (Å²) in [5.41, 5.74) is 4.19. The summed E-state index contributed by atoms with van der Waals surface area (Å²) < 4.78 is 23.0. The zero-order valence-corrected chi connectivity index (χ0v) is 21.4. The molecule has 0 aromatic heterocycles. The molecule has 1 aliphatic rings. The third-order valence-electron chi connectivity index (χ3n) is 6.13. The predicted octanol–water partition coefficient (Wildman–Crippen LogP) is 5.18. The molecule has 1 heterocycles. The number of ether oxygens (including phenoxy) is 4. The number of aliphatic hydroxyl groups excluding tert-OH is 1. The maximum Gasteiger partial charge on any atom is 0.205 e. The van der Waals surface area contributed by atoms with Gasteiger partial charge in [-0.1, -0.05) is 48.5 Å². The molecule has 3 aromatic carbocycles. The van der Waals surface area contributed by atoms with Gasteiger partial charge in [0.1, 0.15) is 18.1 Å².